The number of carbonyl (C=O) groups excluding carboxylic acids is 2. The maximum Gasteiger partial charge on any atom is 0.338 e. The van der Waals surface area contributed by atoms with E-state index in [-0.39, 0.29) is 23.6 Å². The van der Waals surface area contributed by atoms with Crippen molar-refractivity contribution in [2.75, 3.05) is 13.2 Å². The first-order chi connectivity index (χ1) is 11.8. The molecule has 25 heavy (non-hydrogen) atoms. The molecule has 0 saturated carbocycles. The topological polar surface area (TPSA) is 80.8 Å². The number of carbonyl (C=O) groups is 2. The second-order valence-electron chi connectivity index (χ2n) is 5.76. The summed E-state index contributed by atoms with van der Waals surface area (Å²) in [6, 6.07) is 11.3. The van der Waals surface area contributed by atoms with E-state index in [4.69, 9.17) is 4.74 Å². The monoisotopic (exact) mass is 359 g/mol. The van der Waals surface area contributed by atoms with Crippen molar-refractivity contribution in [1.82, 2.24) is 4.31 Å². The summed E-state index contributed by atoms with van der Waals surface area (Å²) < 4.78 is 30.7. The molecule has 0 fully saturated rings. The molecule has 0 spiro atoms. The molecule has 7 heteroatoms. The fraction of sp³-hybridized carbons (Fsp3) is 0.222. The minimum absolute atomic E-state index is 0.0131. The maximum atomic E-state index is 12.4. The Labute approximate surface area is 146 Å². The van der Waals surface area contributed by atoms with Crippen LogP contribution in [0.5, 0.6) is 0 Å². The Morgan fingerprint density at radius 2 is 1.80 bits per heavy atom. The molecule has 6 nitrogen and oxygen atoms in total. The number of aryl methyl sites for hydroxylation is 1. The minimum Gasteiger partial charge on any atom is -0.460 e. The Kier molecular flexibility index (Phi) is 4.34. The fourth-order valence-electron chi connectivity index (χ4n) is 2.72. The number of benzene rings is 2. The molecule has 0 aromatic heterocycles. The highest BCUT2D eigenvalue weighted by molar-refractivity contribution is 7.90. The van der Waals surface area contributed by atoms with E-state index in [0.29, 0.717) is 5.56 Å². The molecule has 2 aromatic carbocycles. The van der Waals surface area contributed by atoms with Gasteiger partial charge in [0.25, 0.3) is 15.9 Å². The van der Waals surface area contributed by atoms with Gasteiger partial charge in [-0.15, -0.1) is 0 Å². The summed E-state index contributed by atoms with van der Waals surface area (Å²) in [6.07, 6.45) is 0. The maximum absolute atomic E-state index is 12.4. The summed E-state index contributed by atoms with van der Waals surface area (Å²) in [7, 11) is -3.88. The average Bonchev–Trinajstić information content (AvgIpc) is 2.78. The molecule has 1 heterocycles. The highest BCUT2D eigenvalue weighted by atomic mass is 32.2. The van der Waals surface area contributed by atoms with Gasteiger partial charge in [0.15, 0.2) is 0 Å². The Morgan fingerprint density at radius 3 is 2.52 bits per heavy atom. The first-order valence-corrected chi connectivity index (χ1v) is 9.17. The van der Waals surface area contributed by atoms with E-state index in [1.54, 1.807) is 24.3 Å². The van der Waals surface area contributed by atoms with Crippen LogP contribution in [0, 0.1) is 13.8 Å². The van der Waals surface area contributed by atoms with Crippen LogP contribution in [0.25, 0.3) is 0 Å². The Balaban J connectivity index is 1.70. The number of esters is 1. The molecule has 1 aliphatic heterocycles. The predicted octanol–water partition coefficient (Wildman–Crippen LogP) is 2.30. The van der Waals surface area contributed by atoms with Crippen LogP contribution >= 0.6 is 0 Å². The molecule has 2 aromatic rings. The third-order valence-electron chi connectivity index (χ3n) is 4.26. The summed E-state index contributed by atoms with van der Waals surface area (Å²) >= 11 is 0. The number of sulfonamides is 1. The van der Waals surface area contributed by atoms with Gasteiger partial charge in [-0.1, -0.05) is 24.3 Å². The van der Waals surface area contributed by atoms with Crippen molar-refractivity contribution in [2.24, 2.45) is 0 Å². The average molecular weight is 359 g/mol. The SMILES string of the molecule is Cc1cccc(C(=O)OCCN2C(=O)c3ccccc3S2(=O)=O)c1C. The van der Waals surface area contributed by atoms with Crippen molar-refractivity contribution in [1.29, 1.82) is 0 Å². The molecule has 1 aliphatic rings. The van der Waals surface area contributed by atoms with E-state index in [1.807, 2.05) is 19.9 Å². The Hall–Kier alpha value is -2.67. The van der Waals surface area contributed by atoms with E-state index in [0.717, 1.165) is 15.4 Å². The summed E-state index contributed by atoms with van der Waals surface area (Å²) in [5, 5.41) is 0. The van der Waals surface area contributed by atoms with Gasteiger partial charge in [-0.05, 0) is 43.2 Å². The second-order valence-corrected chi connectivity index (χ2v) is 7.59. The van der Waals surface area contributed by atoms with Crippen LogP contribution in [0.1, 0.15) is 31.8 Å². The first-order valence-electron chi connectivity index (χ1n) is 7.73. The number of hydrogen-bond donors (Lipinski definition) is 0. The fourth-order valence-corrected chi connectivity index (χ4v) is 4.28. The van der Waals surface area contributed by atoms with Gasteiger partial charge in [0.2, 0.25) is 0 Å². The summed E-state index contributed by atoms with van der Waals surface area (Å²) in [6.45, 7) is 3.29. The zero-order chi connectivity index (χ0) is 18.2. The molecule has 1 amide bonds. The van der Waals surface area contributed by atoms with Gasteiger partial charge >= 0.3 is 5.97 Å². The predicted molar refractivity (Wildman–Crippen MR) is 90.9 cm³/mol. The number of rotatable bonds is 4. The van der Waals surface area contributed by atoms with Crippen molar-refractivity contribution in [3.63, 3.8) is 0 Å². The zero-order valence-corrected chi connectivity index (χ0v) is 14.7. The summed E-state index contributed by atoms with van der Waals surface area (Å²) in [5.41, 5.74) is 2.34. The number of hydrogen-bond acceptors (Lipinski definition) is 5. The standard InChI is InChI=1S/C18H17NO5S/c1-12-6-5-8-14(13(12)2)18(21)24-11-10-19-17(20)15-7-3-4-9-16(15)25(19,22)23/h3-9H,10-11H2,1-2H3. The lowest BCUT2D eigenvalue weighted by molar-refractivity contribution is 0.0477. The summed E-state index contributed by atoms with van der Waals surface area (Å²) in [4.78, 5) is 24.4. The normalized spacial score (nSPS) is 15.1. The van der Waals surface area contributed by atoms with Crippen molar-refractivity contribution >= 4 is 21.9 Å². The molecule has 0 N–H and O–H groups in total. The third-order valence-corrected chi connectivity index (χ3v) is 6.10. The molecule has 130 valence electrons. The van der Waals surface area contributed by atoms with E-state index >= 15 is 0 Å². The van der Waals surface area contributed by atoms with Crippen molar-refractivity contribution in [3.8, 4) is 0 Å². The van der Waals surface area contributed by atoms with Crippen molar-refractivity contribution in [3.05, 3.63) is 64.7 Å². The van der Waals surface area contributed by atoms with Gasteiger partial charge in [-0.25, -0.2) is 17.5 Å². The molecule has 0 unspecified atom stereocenters. The lowest BCUT2D eigenvalue weighted by Gasteiger charge is -2.15. The van der Waals surface area contributed by atoms with E-state index < -0.39 is 21.9 Å². The molecule has 0 saturated heterocycles. The van der Waals surface area contributed by atoms with Crippen molar-refractivity contribution in [2.45, 2.75) is 18.7 Å². The van der Waals surface area contributed by atoms with Gasteiger partial charge in [-0.2, -0.15) is 0 Å². The molecule has 0 aliphatic carbocycles. The zero-order valence-electron chi connectivity index (χ0n) is 13.9. The smallest absolute Gasteiger partial charge is 0.338 e. The lowest BCUT2D eigenvalue weighted by atomic mass is 10.0. The first kappa shape index (κ1) is 17.2. The Bertz CT molecular complexity index is 965. The van der Waals surface area contributed by atoms with Crippen LogP contribution in [-0.4, -0.2) is 37.8 Å². The number of fused-ring (bicyclic) bond motifs is 1. The number of amides is 1. The van der Waals surface area contributed by atoms with Crippen molar-refractivity contribution < 1.29 is 22.7 Å². The quantitative estimate of drug-likeness (QED) is 0.783. The lowest BCUT2D eigenvalue weighted by Crippen LogP contribution is -2.33. The van der Waals surface area contributed by atoms with Crippen LogP contribution in [-0.2, 0) is 14.8 Å². The molecule has 0 bridgehead atoms. The minimum atomic E-state index is -3.88. The highest BCUT2D eigenvalue weighted by Crippen LogP contribution is 2.29. The van der Waals surface area contributed by atoms with E-state index in [9.17, 15) is 18.0 Å². The van der Waals surface area contributed by atoms with Crippen LogP contribution in [0.2, 0.25) is 0 Å². The van der Waals surface area contributed by atoms with Crippen LogP contribution < -0.4 is 0 Å². The van der Waals surface area contributed by atoms with Crippen LogP contribution in [0.4, 0.5) is 0 Å². The van der Waals surface area contributed by atoms with Gasteiger partial charge in [0.1, 0.15) is 11.5 Å². The van der Waals surface area contributed by atoms with Gasteiger partial charge in [-0.3, -0.25) is 4.79 Å². The largest absolute Gasteiger partial charge is 0.460 e. The number of nitrogens with zero attached hydrogens (tertiary/aromatic N) is 1. The summed E-state index contributed by atoms with van der Waals surface area (Å²) in [5.74, 6) is -1.14. The second kappa shape index (κ2) is 6.33. The van der Waals surface area contributed by atoms with E-state index in [1.165, 1.54) is 12.1 Å². The van der Waals surface area contributed by atoms with Gasteiger partial charge in [0.05, 0.1) is 17.7 Å². The molecular weight excluding hydrogens is 342 g/mol. The van der Waals surface area contributed by atoms with Crippen LogP contribution in [0.3, 0.4) is 0 Å². The highest BCUT2D eigenvalue weighted by Gasteiger charge is 2.40. The molecular formula is C18H17NO5S. The third kappa shape index (κ3) is 2.91. The van der Waals surface area contributed by atoms with Gasteiger partial charge < -0.3 is 4.74 Å². The molecule has 0 atom stereocenters. The molecule has 3 rings (SSSR count). The Morgan fingerprint density at radius 1 is 1.08 bits per heavy atom. The molecule has 0 radical (unpaired) electrons. The van der Waals surface area contributed by atoms with Crippen LogP contribution in [0.15, 0.2) is 47.4 Å². The number of ether oxygens (including phenoxy) is 1. The van der Waals surface area contributed by atoms with Gasteiger partial charge in [0, 0.05) is 0 Å². The van der Waals surface area contributed by atoms with E-state index in [2.05, 4.69) is 0 Å².